The maximum Gasteiger partial charge on any atom is 0.317 e. The number of carboxylic acids is 6. The summed E-state index contributed by atoms with van der Waals surface area (Å²) in [5.74, 6) is -6.93. The lowest BCUT2D eigenvalue weighted by Gasteiger charge is -2.34. The minimum absolute atomic E-state index is 0.0668. The molecule has 0 aromatic rings. The predicted octanol–water partition coefficient (Wildman–Crippen LogP) is -5.15. The van der Waals surface area contributed by atoms with Gasteiger partial charge in [-0.3, -0.25) is 77.6 Å². The SMILES string of the molecule is CN(CCN(C)C(=O)CN1CCN(CC(=O)O)CCN(CC(=O)O)CCN(CC(=O)O)CC1)C(=O)CN1CCN(CC(=O)O)CCN(CC(=O)O)CCN(CC(=O)O)CC1. The average Bonchev–Trinajstić information content (AvgIpc) is 3.14. The van der Waals surface area contributed by atoms with E-state index in [0.717, 1.165) is 0 Å². The summed E-state index contributed by atoms with van der Waals surface area (Å²) in [7, 11) is 3.17. The van der Waals surface area contributed by atoms with E-state index in [1.807, 2.05) is 9.80 Å². The van der Waals surface area contributed by atoms with Gasteiger partial charge in [-0.15, -0.1) is 0 Å². The van der Waals surface area contributed by atoms with E-state index in [9.17, 15) is 69.0 Å². The molecule has 0 aromatic carbocycles. The minimum atomic E-state index is -1.06. The average molecular weight is 861 g/mol. The zero-order valence-corrected chi connectivity index (χ0v) is 34.8. The Kier molecular flexibility index (Phi) is 23.5. The molecule has 0 aliphatic carbocycles. The number of rotatable bonds is 19. The summed E-state index contributed by atoms with van der Waals surface area (Å²) in [5, 5.41) is 56.7. The van der Waals surface area contributed by atoms with Gasteiger partial charge in [0.2, 0.25) is 11.8 Å². The molecular weight excluding hydrogens is 796 g/mol. The maximum absolute atomic E-state index is 13.5. The molecule has 2 rings (SSSR count). The van der Waals surface area contributed by atoms with Crippen LogP contribution in [0.3, 0.4) is 0 Å². The van der Waals surface area contributed by atoms with Crippen LogP contribution in [0.4, 0.5) is 0 Å². The Morgan fingerprint density at radius 3 is 0.567 bits per heavy atom. The summed E-state index contributed by atoms with van der Waals surface area (Å²) < 4.78 is 0. The van der Waals surface area contributed by atoms with Gasteiger partial charge < -0.3 is 40.4 Å². The first-order valence-electron chi connectivity index (χ1n) is 19.9. The number of amides is 2. The lowest BCUT2D eigenvalue weighted by atomic mass is 10.3. The second kappa shape index (κ2) is 27.3. The van der Waals surface area contributed by atoms with Crippen LogP contribution in [-0.2, 0) is 38.4 Å². The third-order valence-corrected chi connectivity index (χ3v) is 10.4. The number of carbonyl (C=O) groups excluding carboxylic acids is 2. The van der Waals surface area contributed by atoms with Crippen molar-refractivity contribution in [3.8, 4) is 0 Å². The van der Waals surface area contributed by atoms with Gasteiger partial charge in [0.15, 0.2) is 0 Å². The molecule has 0 unspecified atom stereocenters. The molecular formula is C36H64N10O14. The number of likely N-dealkylation sites (N-methyl/N-ethyl adjacent to an activating group) is 2. The number of nitrogens with zero attached hydrogens (tertiary/aromatic N) is 10. The molecule has 2 aliphatic heterocycles. The lowest BCUT2D eigenvalue weighted by Crippen LogP contribution is -2.51. The molecule has 2 heterocycles. The van der Waals surface area contributed by atoms with Crippen LogP contribution in [0.25, 0.3) is 0 Å². The molecule has 60 heavy (non-hydrogen) atoms. The molecule has 6 N–H and O–H groups in total. The highest BCUT2D eigenvalue weighted by Gasteiger charge is 2.25. The smallest absolute Gasteiger partial charge is 0.317 e. The van der Waals surface area contributed by atoms with Crippen molar-refractivity contribution in [2.24, 2.45) is 0 Å². The van der Waals surface area contributed by atoms with Crippen molar-refractivity contribution >= 4 is 47.6 Å². The topological polar surface area (TPSA) is 290 Å². The highest BCUT2D eigenvalue weighted by molar-refractivity contribution is 5.79. The fourth-order valence-corrected chi connectivity index (χ4v) is 6.74. The second-order valence-electron chi connectivity index (χ2n) is 15.2. The number of hydrogen-bond donors (Lipinski definition) is 6. The minimum Gasteiger partial charge on any atom is -0.480 e. The largest absolute Gasteiger partial charge is 0.480 e. The van der Waals surface area contributed by atoms with Crippen LogP contribution in [0.15, 0.2) is 0 Å². The second-order valence-corrected chi connectivity index (χ2v) is 15.2. The lowest BCUT2D eigenvalue weighted by molar-refractivity contribution is -0.141. The van der Waals surface area contributed by atoms with E-state index in [1.54, 1.807) is 43.5 Å². The third-order valence-electron chi connectivity index (χ3n) is 10.4. The molecule has 0 spiro atoms. The zero-order valence-electron chi connectivity index (χ0n) is 34.8. The van der Waals surface area contributed by atoms with E-state index in [2.05, 4.69) is 0 Å². The molecule has 2 fully saturated rings. The molecule has 2 aliphatic rings. The van der Waals surface area contributed by atoms with Gasteiger partial charge in [-0.25, -0.2) is 0 Å². The summed E-state index contributed by atoms with van der Waals surface area (Å²) in [4.78, 5) is 113. The van der Waals surface area contributed by atoms with E-state index in [4.69, 9.17) is 0 Å². The Labute approximate surface area is 349 Å². The fourth-order valence-electron chi connectivity index (χ4n) is 6.74. The standard InChI is InChI=1S/C36H64N10O14/c1-37(29(47)21-39-5-9-41(23-31(49)50)13-17-45(27-35(57)58)18-14-42(10-6-39)24-32(51)52)3-4-38(2)30(48)22-40-7-11-43(25-33(53)54)15-19-46(28-36(59)60)20-16-44(12-8-40)26-34(55)56/h3-28H2,1-2H3,(H,49,50)(H,51,52)(H,53,54)(H,55,56)(H,57,58)(H,59,60). The number of carbonyl (C=O) groups is 8. The zero-order chi connectivity index (χ0) is 44.8. The Bertz CT molecular complexity index is 1280. The van der Waals surface area contributed by atoms with Crippen molar-refractivity contribution < 1.29 is 69.0 Å². The molecule has 342 valence electrons. The number of hydrogen-bond acceptors (Lipinski definition) is 16. The fraction of sp³-hybridized carbons (Fsp3) is 0.778. The molecule has 2 amide bonds. The predicted molar refractivity (Wildman–Crippen MR) is 213 cm³/mol. The van der Waals surface area contributed by atoms with Crippen LogP contribution in [-0.4, -0.2) is 312 Å². The first-order valence-corrected chi connectivity index (χ1v) is 19.9. The summed E-state index contributed by atoms with van der Waals surface area (Å²) in [6.07, 6.45) is 0. The monoisotopic (exact) mass is 860 g/mol. The summed E-state index contributed by atoms with van der Waals surface area (Å²) in [6, 6.07) is 0. The molecule has 2 saturated heterocycles. The summed E-state index contributed by atoms with van der Waals surface area (Å²) >= 11 is 0. The van der Waals surface area contributed by atoms with Gasteiger partial charge in [-0.1, -0.05) is 0 Å². The van der Waals surface area contributed by atoms with Gasteiger partial charge in [0.05, 0.1) is 52.4 Å². The highest BCUT2D eigenvalue weighted by Crippen LogP contribution is 2.05. The van der Waals surface area contributed by atoms with Crippen molar-refractivity contribution in [2.45, 2.75) is 0 Å². The van der Waals surface area contributed by atoms with Crippen LogP contribution in [0, 0.1) is 0 Å². The van der Waals surface area contributed by atoms with E-state index >= 15 is 0 Å². The first kappa shape index (κ1) is 51.6. The Balaban J connectivity index is 2.09. The third kappa shape index (κ3) is 22.7. The van der Waals surface area contributed by atoms with E-state index in [-0.39, 0.29) is 182 Å². The molecule has 24 heteroatoms. The van der Waals surface area contributed by atoms with Crippen LogP contribution >= 0.6 is 0 Å². The van der Waals surface area contributed by atoms with Gasteiger partial charge in [-0.05, 0) is 0 Å². The summed E-state index contributed by atoms with van der Waals surface area (Å²) in [6.45, 7) is 2.50. The van der Waals surface area contributed by atoms with Crippen LogP contribution in [0.2, 0.25) is 0 Å². The Morgan fingerprint density at radius 2 is 0.433 bits per heavy atom. The van der Waals surface area contributed by atoms with E-state index < -0.39 is 35.8 Å². The molecule has 0 saturated carbocycles. The molecule has 0 atom stereocenters. The maximum atomic E-state index is 13.5. The molecule has 0 bridgehead atoms. The van der Waals surface area contributed by atoms with Crippen molar-refractivity contribution in [3.63, 3.8) is 0 Å². The quantitative estimate of drug-likeness (QED) is 0.0708. The van der Waals surface area contributed by atoms with Gasteiger partial charge in [0.25, 0.3) is 0 Å². The Morgan fingerprint density at radius 1 is 0.300 bits per heavy atom. The summed E-state index contributed by atoms with van der Waals surface area (Å²) in [5.41, 5.74) is 0. The number of aliphatic carboxylic acids is 6. The van der Waals surface area contributed by atoms with Gasteiger partial charge in [-0.2, -0.15) is 0 Å². The van der Waals surface area contributed by atoms with Crippen molar-refractivity contribution in [3.05, 3.63) is 0 Å². The van der Waals surface area contributed by atoms with Gasteiger partial charge >= 0.3 is 35.8 Å². The highest BCUT2D eigenvalue weighted by atomic mass is 16.4. The first-order chi connectivity index (χ1) is 28.3. The van der Waals surface area contributed by atoms with Crippen molar-refractivity contribution in [2.75, 3.05) is 184 Å². The van der Waals surface area contributed by atoms with Crippen molar-refractivity contribution in [1.82, 2.24) is 49.0 Å². The van der Waals surface area contributed by atoms with E-state index in [1.165, 1.54) is 9.80 Å². The van der Waals surface area contributed by atoms with Crippen molar-refractivity contribution in [1.29, 1.82) is 0 Å². The molecule has 24 nitrogen and oxygen atoms in total. The molecule has 0 aromatic heterocycles. The normalized spacial score (nSPS) is 19.2. The van der Waals surface area contributed by atoms with Crippen LogP contribution < -0.4 is 0 Å². The van der Waals surface area contributed by atoms with E-state index in [0.29, 0.717) is 0 Å². The van der Waals surface area contributed by atoms with Gasteiger partial charge in [0, 0.05) is 132 Å². The molecule has 0 radical (unpaired) electrons. The Hall–Kier alpha value is -4.56. The number of carboxylic acid groups (broad SMARTS) is 6. The van der Waals surface area contributed by atoms with Crippen LogP contribution in [0.5, 0.6) is 0 Å². The van der Waals surface area contributed by atoms with Gasteiger partial charge in [0.1, 0.15) is 0 Å². The van der Waals surface area contributed by atoms with Crippen LogP contribution in [0.1, 0.15) is 0 Å².